The number of aryl methyl sites for hydroxylation is 1. The Morgan fingerprint density at radius 2 is 1.74 bits per heavy atom. The molecule has 2 aliphatic rings. The lowest BCUT2D eigenvalue weighted by atomic mass is 9.90. The van der Waals surface area contributed by atoms with Gasteiger partial charge in [0.2, 0.25) is 0 Å². The molecule has 1 aliphatic carbocycles. The maximum Gasteiger partial charge on any atom is 0.337 e. The molecule has 1 aliphatic heterocycles. The summed E-state index contributed by atoms with van der Waals surface area (Å²) < 4.78 is 53.4. The smallest absolute Gasteiger partial charge is 0.337 e. The van der Waals surface area contributed by atoms with Crippen LogP contribution in [0.25, 0.3) is 11.3 Å². The predicted molar refractivity (Wildman–Crippen MR) is 152 cm³/mol. The van der Waals surface area contributed by atoms with Crippen LogP contribution in [0.5, 0.6) is 5.75 Å². The number of aromatic nitrogens is 2. The first-order valence-corrected chi connectivity index (χ1v) is 14.2. The fourth-order valence-electron chi connectivity index (χ4n) is 5.68. The molecule has 1 spiro atoms. The van der Waals surface area contributed by atoms with Gasteiger partial charge in [-0.15, -0.1) is 0 Å². The molecule has 224 valence electrons. The Balaban J connectivity index is 1.45. The van der Waals surface area contributed by atoms with Crippen molar-refractivity contribution in [3.63, 3.8) is 0 Å². The van der Waals surface area contributed by atoms with Gasteiger partial charge in [0.25, 0.3) is 5.92 Å². The van der Waals surface area contributed by atoms with Crippen molar-refractivity contribution in [1.82, 2.24) is 9.97 Å². The van der Waals surface area contributed by atoms with Crippen molar-refractivity contribution in [2.24, 2.45) is 5.41 Å². The Morgan fingerprint density at radius 3 is 2.29 bits per heavy atom. The molecule has 0 bridgehead atoms. The summed E-state index contributed by atoms with van der Waals surface area (Å²) >= 11 is 0. The van der Waals surface area contributed by atoms with E-state index in [4.69, 9.17) is 9.47 Å². The number of nitrogens with zero attached hydrogens (tertiary/aromatic N) is 3. The third kappa shape index (κ3) is 6.23. The number of hydrogen-bond donors (Lipinski definition) is 1. The largest absolute Gasteiger partial charge is 0.492 e. The summed E-state index contributed by atoms with van der Waals surface area (Å²) in [4.78, 5) is 23.7. The molecule has 3 heterocycles. The predicted octanol–water partition coefficient (Wildman–Crippen LogP) is 6.78. The summed E-state index contributed by atoms with van der Waals surface area (Å²) in [5, 5.41) is 10.3. The second-order valence-electron chi connectivity index (χ2n) is 12.2. The second-order valence-corrected chi connectivity index (χ2v) is 12.2. The van der Waals surface area contributed by atoms with E-state index >= 15 is 0 Å². The minimum Gasteiger partial charge on any atom is -0.492 e. The molecule has 2 fully saturated rings. The van der Waals surface area contributed by atoms with Crippen LogP contribution in [-0.4, -0.2) is 52.3 Å². The van der Waals surface area contributed by atoms with Crippen LogP contribution in [-0.2, 0) is 16.0 Å². The Hall–Kier alpha value is -3.66. The summed E-state index contributed by atoms with van der Waals surface area (Å²) in [5.41, 5.74) is 1.83. The molecule has 1 N–H and O–H groups in total. The van der Waals surface area contributed by atoms with Gasteiger partial charge in [0, 0.05) is 54.4 Å². The lowest BCUT2D eigenvalue weighted by molar-refractivity contribution is -0.160. The monoisotopic (exact) mass is 583 g/mol. The van der Waals surface area contributed by atoms with Crippen molar-refractivity contribution in [2.75, 3.05) is 24.6 Å². The zero-order valence-corrected chi connectivity index (χ0v) is 24.3. The van der Waals surface area contributed by atoms with Crippen molar-refractivity contribution >= 4 is 11.7 Å². The van der Waals surface area contributed by atoms with Gasteiger partial charge in [-0.1, -0.05) is 12.1 Å². The average molecular weight is 584 g/mol. The number of rotatable bonds is 9. The molecule has 1 aromatic carbocycles. The van der Waals surface area contributed by atoms with E-state index in [0.29, 0.717) is 72.9 Å². The minimum absolute atomic E-state index is 0.0992. The molecule has 2 aromatic heterocycles. The standard InChI is InChI=1S/C32H36F3N3O4/c1-20-26(28(29(39)40)42-30(2,3)4)27(38-14-12-31(13-15-38)19-32(31,34)35)24(18-36-20)25-10-9-23(17-37-25)41-16-11-21-5-7-22(33)8-6-21/h5-10,17-18,28H,11-16,19H2,1-4H3,(H,39,40)/t28-/m0/s1. The average Bonchev–Trinajstić information content (AvgIpc) is 3.47. The maximum atomic E-state index is 14.2. The van der Waals surface area contributed by atoms with Gasteiger partial charge in [0.1, 0.15) is 11.6 Å². The third-order valence-electron chi connectivity index (χ3n) is 8.08. The summed E-state index contributed by atoms with van der Waals surface area (Å²) in [6.07, 6.45) is 3.03. The number of carboxylic acid groups (broad SMARTS) is 1. The Morgan fingerprint density at radius 1 is 1.07 bits per heavy atom. The van der Waals surface area contributed by atoms with E-state index in [1.807, 2.05) is 4.90 Å². The second kappa shape index (κ2) is 11.2. The minimum atomic E-state index is -2.65. The van der Waals surface area contributed by atoms with Crippen LogP contribution in [0, 0.1) is 18.2 Å². The summed E-state index contributed by atoms with van der Waals surface area (Å²) in [7, 11) is 0. The van der Waals surface area contributed by atoms with Gasteiger partial charge in [-0.2, -0.15) is 0 Å². The number of carbonyl (C=O) groups is 1. The van der Waals surface area contributed by atoms with Gasteiger partial charge < -0.3 is 19.5 Å². The van der Waals surface area contributed by atoms with Crippen molar-refractivity contribution in [3.8, 4) is 17.0 Å². The molecule has 0 amide bonds. The molecule has 7 nitrogen and oxygen atoms in total. The molecular formula is C32H36F3N3O4. The van der Waals surface area contributed by atoms with Gasteiger partial charge in [0.15, 0.2) is 6.10 Å². The van der Waals surface area contributed by atoms with Crippen LogP contribution in [0.15, 0.2) is 48.8 Å². The number of pyridine rings is 2. The molecule has 1 atom stereocenters. The van der Waals surface area contributed by atoms with Crippen molar-refractivity contribution < 1.29 is 32.5 Å². The van der Waals surface area contributed by atoms with E-state index in [9.17, 15) is 23.1 Å². The first-order valence-electron chi connectivity index (χ1n) is 14.2. The highest BCUT2D eigenvalue weighted by molar-refractivity contribution is 5.85. The lowest BCUT2D eigenvalue weighted by Crippen LogP contribution is -2.38. The number of anilines is 1. The maximum absolute atomic E-state index is 14.2. The number of alkyl halides is 2. The number of piperidine rings is 1. The molecule has 0 radical (unpaired) electrons. The summed E-state index contributed by atoms with van der Waals surface area (Å²) in [6.45, 7) is 8.16. The van der Waals surface area contributed by atoms with Crippen molar-refractivity contribution in [1.29, 1.82) is 0 Å². The molecule has 5 rings (SSSR count). The molecular weight excluding hydrogens is 547 g/mol. The highest BCUT2D eigenvalue weighted by atomic mass is 19.3. The van der Waals surface area contributed by atoms with E-state index in [1.165, 1.54) is 12.1 Å². The van der Waals surface area contributed by atoms with E-state index in [2.05, 4.69) is 9.97 Å². The first kappa shape index (κ1) is 29.8. The van der Waals surface area contributed by atoms with Crippen molar-refractivity contribution in [2.45, 2.75) is 71.0 Å². The van der Waals surface area contributed by atoms with E-state index in [0.717, 1.165) is 5.56 Å². The van der Waals surface area contributed by atoms with Gasteiger partial charge in [0.05, 0.1) is 29.8 Å². The highest BCUT2D eigenvalue weighted by Gasteiger charge is 2.70. The Kier molecular flexibility index (Phi) is 7.96. The number of ether oxygens (including phenoxy) is 2. The highest BCUT2D eigenvalue weighted by Crippen LogP contribution is 2.66. The van der Waals surface area contributed by atoms with Crippen LogP contribution in [0.2, 0.25) is 0 Å². The van der Waals surface area contributed by atoms with Crippen LogP contribution >= 0.6 is 0 Å². The zero-order chi connectivity index (χ0) is 30.3. The summed E-state index contributed by atoms with van der Waals surface area (Å²) in [6, 6.07) is 9.79. The number of aliphatic carboxylic acids is 1. The number of halogens is 3. The van der Waals surface area contributed by atoms with Gasteiger partial charge in [-0.3, -0.25) is 9.97 Å². The molecule has 1 saturated heterocycles. The van der Waals surface area contributed by atoms with E-state index < -0.39 is 29.0 Å². The molecule has 42 heavy (non-hydrogen) atoms. The molecule has 1 saturated carbocycles. The van der Waals surface area contributed by atoms with Gasteiger partial charge in [-0.05, 0) is 70.4 Å². The van der Waals surface area contributed by atoms with Gasteiger partial charge in [-0.25, -0.2) is 18.0 Å². The molecule has 10 heteroatoms. The Bertz CT molecular complexity index is 1430. The Labute approximate surface area is 243 Å². The fraction of sp³-hybridized carbons (Fsp3) is 0.469. The van der Waals surface area contributed by atoms with Crippen molar-refractivity contribution in [3.05, 3.63) is 71.4 Å². The molecule has 0 unspecified atom stereocenters. The van der Waals surface area contributed by atoms with E-state index in [-0.39, 0.29) is 12.2 Å². The quantitative estimate of drug-likeness (QED) is 0.297. The topological polar surface area (TPSA) is 84.8 Å². The van der Waals surface area contributed by atoms with E-state index in [1.54, 1.807) is 64.4 Å². The number of carboxylic acids is 1. The SMILES string of the molecule is Cc1ncc(-c2ccc(OCCc3ccc(F)cc3)cn2)c(N2CCC3(CC2)CC3(F)F)c1[C@H](OC(C)(C)C)C(=O)O. The van der Waals surface area contributed by atoms with Crippen LogP contribution < -0.4 is 9.64 Å². The zero-order valence-electron chi connectivity index (χ0n) is 24.3. The normalized spacial score (nSPS) is 18.1. The fourth-order valence-corrected chi connectivity index (χ4v) is 5.68. The van der Waals surface area contributed by atoms with Gasteiger partial charge >= 0.3 is 5.97 Å². The van der Waals surface area contributed by atoms with Crippen LogP contribution in [0.1, 0.15) is 63.0 Å². The summed E-state index contributed by atoms with van der Waals surface area (Å²) in [5.74, 6) is -3.56. The number of benzene rings is 1. The van der Waals surface area contributed by atoms with Crippen LogP contribution in [0.3, 0.4) is 0 Å². The third-order valence-corrected chi connectivity index (χ3v) is 8.08. The molecule has 3 aromatic rings. The first-order chi connectivity index (χ1) is 19.8. The van der Waals surface area contributed by atoms with Crippen LogP contribution in [0.4, 0.5) is 18.9 Å². The number of hydrogen-bond acceptors (Lipinski definition) is 6. The lowest BCUT2D eigenvalue weighted by Gasteiger charge is -2.38.